The first-order chi connectivity index (χ1) is 8.79. The van der Waals surface area contributed by atoms with Crippen LogP contribution in [0.4, 0.5) is 5.69 Å². The molecule has 96 valence electrons. The number of nitrogens with zero attached hydrogens (tertiary/aromatic N) is 2. The molecule has 0 radical (unpaired) electrons. The van der Waals surface area contributed by atoms with E-state index in [1.165, 1.54) is 10.6 Å². The first-order valence-corrected chi connectivity index (χ1v) is 7.00. The zero-order chi connectivity index (χ0) is 12.8. The third kappa shape index (κ3) is 3.55. The highest BCUT2D eigenvalue weighted by Gasteiger charge is 2.03. The lowest BCUT2D eigenvalue weighted by atomic mass is 10.2. The molecule has 0 atom stereocenters. The average molecular weight is 261 g/mol. The summed E-state index contributed by atoms with van der Waals surface area (Å²) in [6.45, 7) is 1.84. The van der Waals surface area contributed by atoms with Gasteiger partial charge < -0.3 is 10.2 Å². The van der Waals surface area contributed by atoms with Crippen LogP contribution in [0.2, 0.25) is 0 Å². The Morgan fingerprint density at radius 1 is 1.39 bits per heavy atom. The molecule has 0 aliphatic heterocycles. The number of thiophene rings is 1. The van der Waals surface area contributed by atoms with E-state index in [4.69, 9.17) is 0 Å². The summed E-state index contributed by atoms with van der Waals surface area (Å²) in [5, 5.41) is 5.26. The third-order valence-corrected chi connectivity index (χ3v) is 3.81. The average Bonchev–Trinajstić information content (AvgIpc) is 2.90. The molecule has 3 nitrogen and oxygen atoms in total. The first-order valence-electron chi connectivity index (χ1n) is 6.12. The maximum atomic E-state index is 4.33. The van der Waals surface area contributed by atoms with Crippen molar-refractivity contribution >= 4 is 17.0 Å². The van der Waals surface area contributed by atoms with Crippen LogP contribution >= 0.6 is 11.3 Å². The highest BCUT2D eigenvalue weighted by atomic mass is 32.1. The molecular weight excluding hydrogens is 242 g/mol. The van der Waals surface area contributed by atoms with Crippen molar-refractivity contribution in [2.24, 2.45) is 0 Å². The fraction of sp³-hybridized carbons (Fsp3) is 0.357. The predicted octanol–water partition coefficient (Wildman–Crippen LogP) is 2.54. The minimum absolute atomic E-state index is 0.812. The molecule has 0 fully saturated rings. The van der Waals surface area contributed by atoms with Gasteiger partial charge in [-0.1, -0.05) is 6.07 Å². The Hall–Kier alpha value is -1.39. The van der Waals surface area contributed by atoms with Gasteiger partial charge in [-0.2, -0.15) is 0 Å². The van der Waals surface area contributed by atoms with Crippen molar-refractivity contribution in [3.05, 3.63) is 46.4 Å². The maximum absolute atomic E-state index is 4.33. The summed E-state index contributed by atoms with van der Waals surface area (Å²) in [7, 11) is 4.07. The Bertz CT molecular complexity index is 468. The molecule has 2 aromatic rings. The van der Waals surface area contributed by atoms with Crippen LogP contribution in [-0.4, -0.2) is 25.6 Å². The van der Waals surface area contributed by atoms with E-state index in [1.807, 2.05) is 24.6 Å². The van der Waals surface area contributed by atoms with Gasteiger partial charge in [0.05, 0.1) is 5.69 Å². The van der Waals surface area contributed by atoms with Gasteiger partial charge in [0, 0.05) is 36.9 Å². The Labute approximate surface area is 112 Å². The van der Waals surface area contributed by atoms with Crippen LogP contribution < -0.4 is 10.2 Å². The smallest absolute Gasteiger partial charge is 0.0562 e. The van der Waals surface area contributed by atoms with Crippen molar-refractivity contribution in [2.75, 3.05) is 25.5 Å². The Morgan fingerprint density at radius 3 is 3.00 bits per heavy atom. The lowest BCUT2D eigenvalue weighted by Crippen LogP contribution is -2.20. The third-order valence-electron chi connectivity index (χ3n) is 2.87. The molecule has 0 saturated heterocycles. The van der Waals surface area contributed by atoms with Crippen LogP contribution in [-0.2, 0) is 13.0 Å². The van der Waals surface area contributed by atoms with Crippen LogP contribution in [0, 0.1) is 0 Å². The molecule has 0 unspecified atom stereocenters. The summed E-state index contributed by atoms with van der Waals surface area (Å²) in [6, 6.07) is 8.51. The second-order valence-electron chi connectivity index (χ2n) is 4.29. The first kappa shape index (κ1) is 13.1. The predicted molar refractivity (Wildman–Crippen MR) is 78.3 cm³/mol. The van der Waals surface area contributed by atoms with Gasteiger partial charge in [0.1, 0.15) is 0 Å². The van der Waals surface area contributed by atoms with E-state index in [1.54, 1.807) is 0 Å². The molecule has 0 aliphatic carbocycles. The lowest BCUT2D eigenvalue weighted by Gasteiger charge is -2.19. The van der Waals surface area contributed by atoms with E-state index in [0.717, 1.165) is 25.2 Å². The van der Waals surface area contributed by atoms with Crippen LogP contribution in [0.25, 0.3) is 0 Å². The Balaban J connectivity index is 1.95. The van der Waals surface area contributed by atoms with Gasteiger partial charge in [-0.05, 0) is 37.0 Å². The van der Waals surface area contributed by atoms with Gasteiger partial charge in [-0.15, -0.1) is 11.3 Å². The number of likely N-dealkylation sites (N-methyl/N-ethyl adjacent to an activating group) is 1. The van der Waals surface area contributed by atoms with Crippen LogP contribution in [0.1, 0.15) is 10.6 Å². The normalized spacial score (nSPS) is 10.6. The number of rotatable bonds is 6. The van der Waals surface area contributed by atoms with E-state index in [-0.39, 0.29) is 0 Å². The molecule has 2 aromatic heterocycles. The van der Waals surface area contributed by atoms with Crippen molar-refractivity contribution in [2.45, 2.75) is 13.0 Å². The topological polar surface area (TPSA) is 28.2 Å². The molecule has 0 aromatic carbocycles. The fourth-order valence-electron chi connectivity index (χ4n) is 1.84. The van der Waals surface area contributed by atoms with Gasteiger partial charge >= 0.3 is 0 Å². The van der Waals surface area contributed by atoms with E-state index in [0.29, 0.717) is 0 Å². The largest absolute Gasteiger partial charge is 0.374 e. The summed E-state index contributed by atoms with van der Waals surface area (Å²) < 4.78 is 0. The molecular formula is C14H19N3S. The van der Waals surface area contributed by atoms with E-state index < -0.39 is 0 Å². The number of hydrogen-bond acceptors (Lipinski definition) is 4. The zero-order valence-corrected chi connectivity index (χ0v) is 11.7. The quantitative estimate of drug-likeness (QED) is 0.866. The SMILES string of the molecule is CNCc1cc(N(C)CCc2cccs2)ccn1. The number of aromatic nitrogens is 1. The Kier molecular flexibility index (Phi) is 4.73. The molecule has 0 aliphatic rings. The highest BCUT2D eigenvalue weighted by Crippen LogP contribution is 2.15. The highest BCUT2D eigenvalue weighted by molar-refractivity contribution is 7.09. The summed E-state index contributed by atoms with van der Waals surface area (Å²) in [5.74, 6) is 0. The van der Waals surface area contributed by atoms with Crippen molar-refractivity contribution in [1.29, 1.82) is 0 Å². The molecule has 18 heavy (non-hydrogen) atoms. The molecule has 4 heteroatoms. The standard InChI is InChI=1S/C14H19N3S/c1-15-11-12-10-13(5-7-16-12)17(2)8-6-14-4-3-9-18-14/h3-5,7,9-10,15H,6,8,11H2,1-2H3. The summed E-state index contributed by atoms with van der Waals surface area (Å²) in [6.07, 6.45) is 2.97. The van der Waals surface area contributed by atoms with E-state index >= 15 is 0 Å². The van der Waals surface area contributed by atoms with E-state index in [9.17, 15) is 0 Å². The summed E-state index contributed by atoms with van der Waals surface area (Å²) in [5.41, 5.74) is 2.31. The molecule has 2 heterocycles. The van der Waals surface area contributed by atoms with Crippen molar-refractivity contribution in [3.8, 4) is 0 Å². The van der Waals surface area contributed by atoms with Gasteiger partial charge in [-0.3, -0.25) is 4.98 Å². The van der Waals surface area contributed by atoms with Gasteiger partial charge in [0.15, 0.2) is 0 Å². The summed E-state index contributed by atoms with van der Waals surface area (Å²) >= 11 is 1.82. The number of pyridine rings is 1. The molecule has 0 spiro atoms. The minimum atomic E-state index is 0.812. The molecule has 0 saturated carbocycles. The molecule has 2 rings (SSSR count). The van der Waals surface area contributed by atoms with Gasteiger partial charge in [-0.25, -0.2) is 0 Å². The summed E-state index contributed by atoms with van der Waals surface area (Å²) in [4.78, 5) is 8.05. The Morgan fingerprint density at radius 2 is 2.28 bits per heavy atom. The van der Waals surface area contributed by atoms with Crippen molar-refractivity contribution in [3.63, 3.8) is 0 Å². The zero-order valence-electron chi connectivity index (χ0n) is 10.9. The molecule has 0 amide bonds. The fourth-order valence-corrected chi connectivity index (χ4v) is 2.54. The van der Waals surface area contributed by atoms with Crippen LogP contribution in [0.15, 0.2) is 35.8 Å². The monoisotopic (exact) mass is 261 g/mol. The van der Waals surface area contributed by atoms with Crippen molar-refractivity contribution in [1.82, 2.24) is 10.3 Å². The lowest BCUT2D eigenvalue weighted by molar-refractivity contribution is 0.788. The minimum Gasteiger partial charge on any atom is -0.374 e. The number of nitrogens with one attached hydrogen (secondary N) is 1. The van der Waals surface area contributed by atoms with Crippen LogP contribution in [0.5, 0.6) is 0 Å². The maximum Gasteiger partial charge on any atom is 0.0562 e. The van der Waals surface area contributed by atoms with Gasteiger partial charge in [0.25, 0.3) is 0 Å². The second kappa shape index (κ2) is 6.52. The van der Waals surface area contributed by atoms with Crippen molar-refractivity contribution < 1.29 is 0 Å². The molecule has 1 N–H and O–H groups in total. The van der Waals surface area contributed by atoms with Crippen LogP contribution in [0.3, 0.4) is 0 Å². The molecule has 0 bridgehead atoms. The van der Waals surface area contributed by atoms with Gasteiger partial charge in [0.2, 0.25) is 0 Å². The number of hydrogen-bond donors (Lipinski definition) is 1. The second-order valence-corrected chi connectivity index (χ2v) is 5.32. The number of anilines is 1. The van der Waals surface area contributed by atoms with E-state index in [2.05, 4.69) is 51.9 Å².